The molecule has 3 aromatic rings. The third kappa shape index (κ3) is 4.69. The Labute approximate surface area is 154 Å². The van der Waals surface area contributed by atoms with E-state index in [-0.39, 0.29) is 0 Å². The van der Waals surface area contributed by atoms with Gasteiger partial charge in [0.2, 0.25) is 0 Å². The van der Waals surface area contributed by atoms with Crippen LogP contribution in [0, 0.1) is 6.92 Å². The van der Waals surface area contributed by atoms with Gasteiger partial charge in [-0.3, -0.25) is 0 Å². The van der Waals surface area contributed by atoms with Crippen molar-refractivity contribution in [3.8, 4) is 5.69 Å². The lowest BCUT2D eigenvalue weighted by Gasteiger charge is -2.12. The zero-order valence-electron chi connectivity index (χ0n) is 15.2. The van der Waals surface area contributed by atoms with Crippen molar-refractivity contribution in [2.24, 2.45) is 4.99 Å². The first kappa shape index (κ1) is 17.7. The molecular formula is C20H24N6. The second kappa shape index (κ2) is 8.80. The Bertz CT molecular complexity index is 837. The number of guanidine groups is 1. The van der Waals surface area contributed by atoms with Crippen LogP contribution in [0.25, 0.3) is 5.69 Å². The maximum Gasteiger partial charge on any atom is 0.191 e. The standard InChI is InChI=1S/C20H24N6/c1-3-22-20(24-13-18-7-5-4-6-16(18)2)23-12-17-8-10-19(11-9-17)26-15-21-14-25-26/h4-11,14-15H,3,12-13H2,1-2H3,(H2,22,23,24). The van der Waals surface area contributed by atoms with Gasteiger partial charge >= 0.3 is 0 Å². The van der Waals surface area contributed by atoms with E-state index in [1.54, 1.807) is 11.0 Å². The topological polar surface area (TPSA) is 67.1 Å². The summed E-state index contributed by atoms with van der Waals surface area (Å²) in [6.07, 6.45) is 3.22. The molecule has 0 aliphatic carbocycles. The number of hydrogen-bond acceptors (Lipinski definition) is 3. The van der Waals surface area contributed by atoms with Crippen molar-refractivity contribution >= 4 is 5.96 Å². The van der Waals surface area contributed by atoms with Gasteiger partial charge in [-0.25, -0.2) is 14.7 Å². The monoisotopic (exact) mass is 348 g/mol. The molecule has 1 heterocycles. The van der Waals surface area contributed by atoms with Crippen molar-refractivity contribution < 1.29 is 0 Å². The number of aryl methyl sites for hydroxylation is 1. The molecule has 0 aliphatic heterocycles. The fraction of sp³-hybridized carbons (Fsp3) is 0.250. The quantitative estimate of drug-likeness (QED) is 0.531. The Balaban J connectivity index is 1.62. The Kier molecular flexibility index (Phi) is 5.98. The molecule has 3 rings (SSSR count). The van der Waals surface area contributed by atoms with Gasteiger partial charge in [-0.15, -0.1) is 0 Å². The lowest BCUT2D eigenvalue weighted by Crippen LogP contribution is -2.36. The van der Waals surface area contributed by atoms with Crippen molar-refractivity contribution in [1.82, 2.24) is 25.4 Å². The minimum Gasteiger partial charge on any atom is -0.357 e. The van der Waals surface area contributed by atoms with Crippen molar-refractivity contribution in [1.29, 1.82) is 0 Å². The molecule has 0 aliphatic rings. The Morgan fingerprint density at radius 1 is 1.08 bits per heavy atom. The molecule has 0 spiro atoms. The number of rotatable bonds is 6. The summed E-state index contributed by atoms with van der Waals surface area (Å²) in [7, 11) is 0. The highest BCUT2D eigenvalue weighted by atomic mass is 15.3. The molecule has 6 nitrogen and oxygen atoms in total. The van der Waals surface area contributed by atoms with Crippen LogP contribution in [0.2, 0.25) is 0 Å². The van der Waals surface area contributed by atoms with Crippen molar-refractivity contribution in [2.75, 3.05) is 6.54 Å². The van der Waals surface area contributed by atoms with E-state index in [0.29, 0.717) is 6.54 Å². The summed E-state index contributed by atoms with van der Waals surface area (Å²) in [4.78, 5) is 8.65. The zero-order valence-corrected chi connectivity index (χ0v) is 15.2. The first-order valence-electron chi connectivity index (χ1n) is 8.77. The Morgan fingerprint density at radius 3 is 2.58 bits per heavy atom. The maximum absolute atomic E-state index is 4.68. The first-order chi connectivity index (χ1) is 12.8. The van der Waals surface area contributed by atoms with Gasteiger partial charge in [-0.1, -0.05) is 36.4 Å². The number of hydrogen-bond donors (Lipinski definition) is 2. The Hall–Kier alpha value is -3.15. The smallest absolute Gasteiger partial charge is 0.191 e. The maximum atomic E-state index is 4.68. The zero-order chi connectivity index (χ0) is 18.2. The SMILES string of the molecule is CCNC(=NCc1ccc(-n2cncn2)cc1)NCc1ccccc1C. The van der Waals surface area contributed by atoms with E-state index in [9.17, 15) is 0 Å². The van der Waals surface area contributed by atoms with E-state index in [2.05, 4.69) is 76.0 Å². The molecule has 0 saturated carbocycles. The van der Waals surface area contributed by atoms with Gasteiger partial charge in [0.25, 0.3) is 0 Å². The normalized spacial score (nSPS) is 11.4. The van der Waals surface area contributed by atoms with Crippen LogP contribution < -0.4 is 10.6 Å². The molecule has 0 atom stereocenters. The van der Waals surface area contributed by atoms with Crippen LogP contribution in [0.3, 0.4) is 0 Å². The predicted octanol–water partition coefficient (Wildman–Crippen LogP) is 2.83. The summed E-state index contributed by atoms with van der Waals surface area (Å²) in [6.45, 7) is 6.38. The van der Waals surface area contributed by atoms with Crippen LogP contribution in [0.15, 0.2) is 66.2 Å². The second-order valence-corrected chi connectivity index (χ2v) is 5.98. The van der Waals surface area contributed by atoms with Crippen LogP contribution in [-0.4, -0.2) is 27.3 Å². The first-order valence-corrected chi connectivity index (χ1v) is 8.77. The number of nitrogens with one attached hydrogen (secondary N) is 2. The second-order valence-electron chi connectivity index (χ2n) is 5.98. The molecular weight excluding hydrogens is 324 g/mol. The summed E-state index contributed by atoms with van der Waals surface area (Å²) in [6, 6.07) is 16.5. The highest BCUT2D eigenvalue weighted by Gasteiger charge is 2.01. The van der Waals surface area contributed by atoms with Gasteiger partial charge in [-0.2, -0.15) is 5.10 Å². The summed E-state index contributed by atoms with van der Waals surface area (Å²) < 4.78 is 1.74. The van der Waals surface area contributed by atoms with Crippen LogP contribution in [0.4, 0.5) is 0 Å². The van der Waals surface area contributed by atoms with Crippen LogP contribution in [0.1, 0.15) is 23.6 Å². The lowest BCUT2D eigenvalue weighted by molar-refractivity contribution is 0.812. The highest BCUT2D eigenvalue weighted by Crippen LogP contribution is 2.09. The van der Waals surface area contributed by atoms with Gasteiger partial charge in [0, 0.05) is 13.1 Å². The molecule has 0 fully saturated rings. The highest BCUT2D eigenvalue weighted by molar-refractivity contribution is 5.79. The summed E-state index contributed by atoms with van der Waals surface area (Å²) in [5.41, 5.74) is 4.68. The van der Waals surface area contributed by atoms with E-state index >= 15 is 0 Å². The van der Waals surface area contributed by atoms with E-state index in [1.165, 1.54) is 17.5 Å². The number of benzene rings is 2. The van der Waals surface area contributed by atoms with Gasteiger partial charge in [0.15, 0.2) is 5.96 Å². The fourth-order valence-corrected chi connectivity index (χ4v) is 2.60. The third-order valence-electron chi connectivity index (χ3n) is 4.09. The van der Waals surface area contributed by atoms with E-state index < -0.39 is 0 Å². The van der Waals surface area contributed by atoms with Crippen molar-refractivity contribution in [3.05, 3.63) is 77.9 Å². The summed E-state index contributed by atoms with van der Waals surface area (Å²) in [5.74, 6) is 0.816. The van der Waals surface area contributed by atoms with E-state index in [4.69, 9.17) is 0 Å². The van der Waals surface area contributed by atoms with Gasteiger partial charge in [-0.05, 0) is 42.7 Å². The average molecular weight is 348 g/mol. The van der Waals surface area contributed by atoms with E-state index in [0.717, 1.165) is 30.3 Å². The molecule has 1 aromatic heterocycles. The number of nitrogens with zero attached hydrogens (tertiary/aromatic N) is 4. The third-order valence-corrected chi connectivity index (χ3v) is 4.09. The minimum atomic E-state index is 0.612. The van der Waals surface area contributed by atoms with Crippen molar-refractivity contribution in [3.63, 3.8) is 0 Å². The number of aromatic nitrogens is 3. The average Bonchev–Trinajstić information content (AvgIpc) is 3.20. The largest absolute Gasteiger partial charge is 0.357 e. The van der Waals surface area contributed by atoms with Gasteiger partial charge in [0.1, 0.15) is 12.7 Å². The molecule has 2 aromatic carbocycles. The van der Waals surface area contributed by atoms with Crippen LogP contribution in [0.5, 0.6) is 0 Å². The molecule has 6 heteroatoms. The van der Waals surface area contributed by atoms with Gasteiger partial charge in [0.05, 0.1) is 12.2 Å². The van der Waals surface area contributed by atoms with Crippen LogP contribution >= 0.6 is 0 Å². The van der Waals surface area contributed by atoms with Crippen molar-refractivity contribution in [2.45, 2.75) is 26.9 Å². The molecule has 0 amide bonds. The van der Waals surface area contributed by atoms with Gasteiger partial charge < -0.3 is 10.6 Å². The van der Waals surface area contributed by atoms with E-state index in [1.807, 2.05) is 12.1 Å². The lowest BCUT2D eigenvalue weighted by atomic mass is 10.1. The minimum absolute atomic E-state index is 0.612. The molecule has 0 saturated heterocycles. The predicted molar refractivity (Wildman–Crippen MR) is 104 cm³/mol. The molecule has 0 unspecified atom stereocenters. The van der Waals surface area contributed by atoms with Crippen LogP contribution in [-0.2, 0) is 13.1 Å². The molecule has 0 radical (unpaired) electrons. The molecule has 134 valence electrons. The molecule has 0 bridgehead atoms. The molecule has 2 N–H and O–H groups in total. The fourth-order valence-electron chi connectivity index (χ4n) is 2.60. The summed E-state index contributed by atoms with van der Waals surface area (Å²) in [5, 5.41) is 10.8. The Morgan fingerprint density at radius 2 is 1.88 bits per heavy atom. The number of aliphatic imine (C=N–C) groups is 1. The molecule has 26 heavy (non-hydrogen) atoms. The summed E-state index contributed by atoms with van der Waals surface area (Å²) >= 11 is 0.